The lowest BCUT2D eigenvalue weighted by Crippen LogP contribution is -2.63. The first-order chi connectivity index (χ1) is 13.4. The third-order valence-electron chi connectivity index (χ3n) is 7.19. The fourth-order valence-electron chi connectivity index (χ4n) is 6.54. The minimum atomic E-state index is -1.27. The van der Waals surface area contributed by atoms with Crippen molar-refractivity contribution in [1.29, 1.82) is 0 Å². The molecule has 0 saturated heterocycles. The first kappa shape index (κ1) is 19.7. The van der Waals surface area contributed by atoms with E-state index in [0.29, 0.717) is 5.57 Å². The molecule has 0 bridgehead atoms. The molecule has 28 heavy (non-hydrogen) atoms. The fourth-order valence-corrected chi connectivity index (χ4v) is 7.94. The summed E-state index contributed by atoms with van der Waals surface area (Å²) >= 11 is 26.8. The number of ether oxygens (including phenoxy) is 4. The highest BCUT2D eigenvalue weighted by molar-refractivity contribution is 6.51. The molecule has 4 nitrogen and oxygen atoms in total. The summed E-state index contributed by atoms with van der Waals surface area (Å²) in [5, 5.41) is -0.197. The lowest BCUT2D eigenvalue weighted by atomic mass is 9.71. The molecular formula is C20H18Cl4O4. The van der Waals surface area contributed by atoms with E-state index < -0.39 is 27.8 Å². The van der Waals surface area contributed by atoms with Crippen molar-refractivity contribution in [3.63, 3.8) is 0 Å². The van der Waals surface area contributed by atoms with Gasteiger partial charge in [-0.2, -0.15) is 0 Å². The zero-order valence-corrected chi connectivity index (χ0v) is 18.6. The van der Waals surface area contributed by atoms with Crippen molar-refractivity contribution in [1.82, 2.24) is 0 Å². The third-order valence-corrected chi connectivity index (χ3v) is 9.20. The normalized spacial score (nSPS) is 45.3. The molecule has 2 fully saturated rings. The van der Waals surface area contributed by atoms with Gasteiger partial charge >= 0.3 is 0 Å². The SMILES string of the molecule is COC12C(=C(Cl)C(Cl)=C(Cl)C1Cl)C1(OC)C3c4ccccc4C2(OC)C31OC. The average Bonchev–Trinajstić information content (AvgIpc) is 3.18. The molecule has 0 radical (unpaired) electrons. The molecule has 150 valence electrons. The zero-order valence-electron chi connectivity index (χ0n) is 15.6. The summed E-state index contributed by atoms with van der Waals surface area (Å²) in [6, 6.07) is 7.97. The van der Waals surface area contributed by atoms with Gasteiger partial charge in [-0.25, -0.2) is 0 Å². The maximum Gasteiger partial charge on any atom is 0.160 e. The Labute approximate surface area is 183 Å². The molecule has 1 aromatic carbocycles. The first-order valence-electron chi connectivity index (χ1n) is 8.76. The molecule has 4 aliphatic carbocycles. The van der Waals surface area contributed by atoms with Gasteiger partial charge in [0.1, 0.15) is 16.6 Å². The summed E-state index contributed by atoms with van der Waals surface area (Å²) in [6.07, 6.45) is 0. The van der Waals surface area contributed by atoms with Gasteiger partial charge in [-0.15, -0.1) is 11.6 Å². The molecule has 4 aliphatic rings. The van der Waals surface area contributed by atoms with Crippen molar-refractivity contribution in [2.75, 3.05) is 28.4 Å². The van der Waals surface area contributed by atoms with Crippen LogP contribution in [0, 0.1) is 0 Å². The molecular weight excluding hydrogens is 446 g/mol. The molecule has 0 spiro atoms. The monoisotopic (exact) mass is 462 g/mol. The highest BCUT2D eigenvalue weighted by Gasteiger charge is 3.03. The van der Waals surface area contributed by atoms with Crippen LogP contribution in [0.4, 0.5) is 0 Å². The van der Waals surface area contributed by atoms with E-state index in [1.165, 1.54) is 0 Å². The topological polar surface area (TPSA) is 36.9 Å². The second kappa shape index (κ2) is 5.68. The van der Waals surface area contributed by atoms with Crippen LogP contribution in [-0.2, 0) is 24.5 Å². The van der Waals surface area contributed by atoms with Gasteiger partial charge in [-0.05, 0) is 11.1 Å². The van der Waals surface area contributed by atoms with E-state index in [2.05, 4.69) is 0 Å². The van der Waals surface area contributed by atoms with Gasteiger partial charge in [0.2, 0.25) is 0 Å². The molecule has 5 rings (SSSR count). The van der Waals surface area contributed by atoms with Crippen LogP contribution in [0.2, 0.25) is 0 Å². The minimum absolute atomic E-state index is 0.150. The summed E-state index contributed by atoms with van der Waals surface area (Å²) < 4.78 is 24.9. The molecule has 0 N–H and O–H groups in total. The van der Waals surface area contributed by atoms with E-state index in [9.17, 15) is 0 Å². The van der Waals surface area contributed by atoms with E-state index in [4.69, 9.17) is 65.4 Å². The number of allylic oxidation sites excluding steroid dienone is 2. The number of fused-ring (bicyclic) bond motifs is 7. The van der Waals surface area contributed by atoms with Gasteiger partial charge in [-0.3, -0.25) is 0 Å². The third kappa shape index (κ3) is 1.46. The Morgan fingerprint density at radius 1 is 0.821 bits per heavy atom. The standard InChI is InChI=1S/C20H18Cl4O4/c1-25-17-14-9-7-5-6-8-10(9)19(27-3,20(14,17)28-4)18(26-2)15(17)12(22)11(21)13(23)16(18)24/h5-8,14,16H,1-4H3. The molecule has 2 saturated carbocycles. The van der Waals surface area contributed by atoms with E-state index in [0.717, 1.165) is 11.1 Å². The zero-order chi connectivity index (χ0) is 20.3. The Kier molecular flexibility index (Phi) is 3.99. The quantitative estimate of drug-likeness (QED) is 0.611. The molecule has 0 heterocycles. The van der Waals surface area contributed by atoms with Gasteiger partial charge in [0.05, 0.1) is 21.0 Å². The van der Waals surface area contributed by atoms with Crippen LogP contribution in [0.15, 0.2) is 44.9 Å². The molecule has 6 atom stereocenters. The number of methoxy groups -OCH3 is 4. The van der Waals surface area contributed by atoms with Gasteiger partial charge in [0, 0.05) is 34.0 Å². The van der Waals surface area contributed by atoms with Crippen molar-refractivity contribution < 1.29 is 18.9 Å². The van der Waals surface area contributed by atoms with E-state index in [1.807, 2.05) is 24.3 Å². The van der Waals surface area contributed by atoms with Crippen molar-refractivity contribution in [2.45, 2.75) is 33.7 Å². The highest BCUT2D eigenvalue weighted by Crippen LogP contribution is 2.90. The molecule has 0 aromatic heterocycles. The predicted octanol–water partition coefficient (Wildman–Crippen LogP) is 4.61. The minimum Gasteiger partial charge on any atom is -0.370 e. The Balaban J connectivity index is 2.01. The number of hydrogen-bond donors (Lipinski definition) is 0. The van der Waals surface area contributed by atoms with E-state index in [-0.39, 0.29) is 21.0 Å². The summed E-state index contributed by atoms with van der Waals surface area (Å²) in [4.78, 5) is 0. The second-order valence-electron chi connectivity index (χ2n) is 7.44. The molecule has 6 unspecified atom stereocenters. The first-order valence-corrected chi connectivity index (χ1v) is 10.3. The Bertz CT molecular complexity index is 977. The fraction of sp³-hybridized carbons (Fsp3) is 0.500. The summed E-state index contributed by atoms with van der Waals surface area (Å²) in [6.45, 7) is 0. The predicted molar refractivity (Wildman–Crippen MR) is 108 cm³/mol. The molecule has 0 aliphatic heterocycles. The van der Waals surface area contributed by atoms with Crippen molar-refractivity contribution in [2.24, 2.45) is 0 Å². The van der Waals surface area contributed by atoms with Gasteiger partial charge in [0.15, 0.2) is 11.2 Å². The molecule has 1 aromatic rings. The van der Waals surface area contributed by atoms with Crippen LogP contribution in [0.5, 0.6) is 0 Å². The van der Waals surface area contributed by atoms with Gasteiger partial charge in [-0.1, -0.05) is 59.1 Å². The highest BCUT2D eigenvalue weighted by atomic mass is 35.5. The summed E-state index contributed by atoms with van der Waals surface area (Å²) in [7, 11) is 6.45. The lowest BCUT2D eigenvalue weighted by Gasteiger charge is -2.50. The Morgan fingerprint density at radius 2 is 1.46 bits per heavy atom. The van der Waals surface area contributed by atoms with Crippen LogP contribution in [0.1, 0.15) is 17.0 Å². The van der Waals surface area contributed by atoms with Crippen molar-refractivity contribution in [3.8, 4) is 0 Å². The van der Waals surface area contributed by atoms with Crippen LogP contribution in [0.25, 0.3) is 0 Å². The number of benzene rings is 1. The summed E-state index contributed by atoms with van der Waals surface area (Å²) in [5.41, 5.74) is -1.69. The average molecular weight is 464 g/mol. The van der Waals surface area contributed by atoms with E-state index >= 15 is 0 Å². The number of hydrogen-bond acceptors (Lipinski definition) is 4. The van der Waals surface area contributed by atoms with Crippen LogP contribution in [0.3, 0.4) is 0 Å². The Hall–Kier alpha value is -0.300. The number of rotatable bonds is 4. The number of alkyl halides is 1. The maximum absolute atomic E-state index is 6.95. The lowest BCUT2D eigenvalue weighted by molar-refractivity contribution is -0.220. The second-order valence-corrected chi connectivity index (χ2v) is 9.04. The van der Waals surface area contributed by atoms with E-state index in [1.54, 1.807) is 28.4 Å². The molecule has 8 heteroatoms. The Morgan fingerprint density at radius 3 is 2.04 bits per heavy atom. The smallest absolute Gasteiger partial charge is 0.160 e. The van der Waals surface area contributed by atoms with Gasteiger partial charge in [0.25, 0.3) is 0 Å². The maximum atomic E-state index is 6.95. The summed E-state index contributed by atoms with van der Waals surface area (Å²) in [5.74, 6) is -0.150. The van der Waals surface area contributed by atoms with Crippen molar-refractivity contribution in [3.05, 3.63) is 56.1 Å². The van der Waals surface area contributed by atoms with Crippen LogP contribution < -0.4 is 0 Å². The largest absolute Gasteiger partial charge is 0.370 e. The van der Waals surface area contributed by atoms with Crippen LogP contribution in [-0.4, -0.2) is 50.6 Å². The van der Waals surface area contributed by atoms with Crippen LogP contribution >= 0.6 is 46.4 Å². The van der Waals surface area contributed by atoms with Crippen molar-refractivity contribution >= 4 is 46.4 Å². The van der Waals surface area contributed by atoms with Gasteiger partial charge < -0.3 is 18.9 Å². The number of halogens is 4. The molecule has 0 amide bonds.